The number of rotatable bonds is 4. The van der Waals surface area contributed by atoms with Crippen molar-refractivity contribution in [2.24, 2.45) is 5.92 Å². The molecule has 1 N–H and O–H groups in total. The first-order chi connectivity index (χ1) is 14.6. The van der Waals surface area contributed by atoms with Gasteiger partial charge in [-0.3, -0.25) is 9.59 Å². The zero-order valence-electron chi connectivity index (χ0n) is 17.4. The van der Waals surface area contributed by atoms with Crippen molar-refractivity contribution in [1.82, 2.24) is 0 Å². The highest BCUT2D eigenvalue weighted by atomic mass is 19.4. The minimum absolute atomic E-state index is 0.0277. The lowest BCUT2D eigenvalue weighted by atomic mass is 10.1. The van der Waals surface area contributed by atoms with Gasteiger partial charge in [0.25, 0.3) is 0 Å². The molecule has 0 bridgehead atoms. The molecule has 1 saturated heterocycles. The number of nitrogens with zero attached hydrogens (tertiary/aromatic N) is 2. The van der Waals surface area contributed by atoms with Crippen LogP contribution in [0.5, 0.6) is 0 Å². The van der Waals surface area contributed by atoms with Crippen LogP contribution in [0.3, 0.4) is 0 Å². The van der Waals surface area contributed by atoms with Gasteiger partial charge in [-0.25, -0.2) is 0 Å². The number of fused-ring (bicyclic) bond motifs is 1. The van der Waals surface area contributed by atoms with Gasteiger partial charge in [0.1, 0.15) is 0 Å². The number of alkyl halides is 3. The summed E-state index contributed by atoms with van der Waals surface area (Å²) in [6.45, 7) is 0.153. The Hall–Kier alpha value is -3.03. The fraction of sp³-hybridized carbons (Fsp3) is 0.391. The Morgan fingerprint density at radius 1 is 1.10 bits per heavy atom. The van der Waals surface area contributed by atoms with Gasteiger partial charge < -0.3 is 15.1 Å². The summed E-state index contributed by atoms with van der Waals surface area (Å²) in [4.78, 5) is 28.4. The molecule has 0 aromatic heterocycles. The molecule has 2 amide bonds. The molecule has 1 aliphatic carbocycles. The maximum atomic E-state index is 13.5. The van der Waals surface area contributed by atoms with E-state index in [1.54, 1.807) is 23.9 Å². The second-order valence-corrected chi connectivity index (χ2v) is 8.32. The van der Waals surface area contributed by atoms with Crippen LogP contribution in [0, 0.1) is 5.92 Å². The molecule has 1 aliphatic heterocycles. The molecule has 0 unspecified atom stereocenters. The van der Waals surface area contributed by atoms with Gasteiger partial charge in [0.15, 0.2) is 0 Å². The summed E-state index contributed by atoms with van der Waals surface area (Å²) in [5, 5.41) is 2.40. The first kappa shape index (κ1) is 21.2. The van der Waals surface area contributed by atoms with Crippen LogP contribution in [0.2, 0.25) is 0 Å². The number of amides is 2. The molecule has 0 saturated carbocycles. The molecule has 0 spiro atoms. The van der Waals surface area contributed by atoms with E-state index in [1.165, 1.54) is 23.3 Å². The number of benzene rings is 2. The third-order valence-electron chi connectivity index (χ3n) is 5.97. The molecule has 5 nitrogen and oxygen atoms in total. The minimum atomic E-state index is -4.61. The summed E-state index contributed by atoms with van der Waals surface area (Å²) < 4.78 is 40.6. The van der Waals surface area contributed by atoms with Gasteiger partial charge in [-0.15, -0.1) is 0 Å². The van der Waals surface area contributed by atoms with Gasteiger partial charge in [0, 0.05) is 38.4 Å². The number of nitrogens with one attached hydrogen (secondary N) is 1. The van der Waals surface area contributed by atoms with Gasteiger partial charge in [0.2, 0.25) is 11.8 Å². The van der Waals surface area contributed by atoms with Crippen LogP contribution in [0.4, 0.5) is 30.2 Å². The number of hydrogen-bond acceptors (Lipinski definition) is 3. The summed E-state index contributed by atoms with van der Waals surface area (Å²) in [5.74, 6) is -1.49. The smallest absolute Gasteiger partial charge is 0.378 e. The molecular weight excluding hydrogens is 407 g/mol. The third-order valence-corrected chi connectivity index (χ3v) is 5.97. The third kappa shape index (κ3) is 4.24. The molecule has 4 rings (SSSR count). The molecular formula is C23H24F3N3O2. The standard InChI is InChI=1S/C23H24F3N3O2/c1-28(2)17-8-9-20(19(12-17)23(24,25)26)27-22(31)16-11-21(30)29(13-16)18-7-6-14-4-3-5-15(14)10-18/h6-10,12,16H,3-5,11,13H2,1-2H3,(H,27,31)/t16-/m0/s1. The summed E-state index contributed by atoms with van der Waals surface area (Å²) in [6.07, 6.45) is -1.55. The van der Waals surface area contributed by atoms with Crippen LogP contribution >= 0.6 is 0 Å². The van der Waals surface area contributed by atoms with Gasteiger partial charge in [-0.1, -0.05) is 6.07 Å². The zero-order valence-corrected chi connectivity index (χ0v) is 17.4. The number of hydrogen-bond donors (Lipinski definition) is 1. The number of aryl methyl sites for hydroxylation is 2. The summed E-state index contributed by atoms with van der Waals surface area (Å²) in [7, 11) is 3.29. The normalized spacial score (nSPS) is 18.3. The molecule has 164 valence electrons. The molecule has 1 heterocycles. The van der Waals surface area contributed by atoms with Crippen LogP contribution in [-0.2, 0) is 28.6 Å². The highest BCUT2D eigenvalue weighted by Crippen LogP contribution is 2.38. The molecule has 0 radical (unpaired) electrons. The lowest BCUT2D eigenvalue weighted by Crippen LogP contribution is -2.28. The van der Waals surface area contributed by atoms with Crippen molar-refractivity contribution in [3.05, 3.63) is 53.1 Å². The lowest BCUT2D eigenvalue weighted by Gasteiger charge is -2.20. The van der Waals surface area contributed by atoms with E-state index >= 15 is 0 Å². The number of anilines is 3. The molecule has 2 aromatic carbocycles. The Bertz CT molecular complexity index is 1030. The van der Waals surface area contributed by atoms with E-state index in [9.17, 15) is 22.8 Å². The summed E-state index contributed by atoms with van der Waals surface area (Å²) in [6, 6.07) is 9.66. The Labute approximate surface area is 178 Å². The van der Waals surface area contributed by atoms with Gasteiger partial charge in [-0.2, -0.15) is 13.2 Å². The van der Waals surface area contributed by atoms with E-state index in [4.69, 9.17) is 0 Å². The van der Waals surface area contributed by atoms with Crippen molar-refractivity contribution in [2.75, 3.05) is 35.8 Å². The van der Waals surface area contributed by atoms with E-state index in [0.717, 1.165) is 31.0 Å². The molecule has 31 heavy (non-hydrogen) atoms. The molecule has 8 heteroatoms. The van der Waals surface area contributed by atoms with Gasteiger partial charge in [-0.05, 0) is 60.7 Å². The first-order valence-corrected chi connectivity index (χ1v) is 10.2. The summed E-state index contributed by atoms with van der Waals surface area (Å²) >= 11 is 0. The number of carbonyl (C=O) groups is 2. The van der Waals surface area contributed by atoms with Crippen molar-refractivity contribution in [1.29, 1.82) is 0 Å². The highest BCUT2D eigenvalue weighted by Gasteiger charge is 2.38. The predicted molar refractivity (Wildman–Crippen MR) is 113 cm³/mol. The van der Waals surface area contributed by atoms with Gasteiger partial charge >= 0.3 is 6.18 Å². The van der Waals surface area contributed by atoms with Crippen LogP contribution in [0.15, 0.2) is 36.4 Å². The number of carbonyl (C=O) groups excluding carboxylic acids is 2. The maximum absolute atomic E-state index is 13.5. The average molecular weight is 431 g/mol. The Morgan fingerprint density at radius 2 is 1.84 bits per heavy atom. The van der Waals surface area contributed by atoms with Crippen LogP contribution in [0.1, 0.15) is 29.5 Å². The Morgan fingerprint density at radius 3 is 2.55 bits per heavy atom. The Balaban J connectivity index is 1.51. The molecule has 1 atom stereocenters. The van der Waals surface area contributed by atoms with E-state index < -0.39 is 23.6 Å². The summed E-state index contributed by atoms with van der Waals surface area (Å²) in [5.41, 5.74) is 2.41. The average Bonchev–Trinajstić information content (AvgIpc) is 3.33. The quantitative estimate of drug-likeness (QED) is 0.788. The molecule has 2 aromatic rings. The van der Waals surface area contributed by atoms with E-state index in [1.807, 2.05) is 18.2 Å². The van der Waals surface area contributed by atoms with E-state index in [-0.39, 0.29) is 24.6 Å². The van der Waals surface area contributed by atoms with Crippen molar-refractivity contribution < 1.29 is 22.8 Å². The molecule has 2 aliphatic rings. The predicted octanol–water partition coefficient (Wildman–Crippen LogP) is 4.25. The van der Waals surface area contributed by atoms with E-state index in [0.29, 0.717) is 5.69 Å². The largest absolute Gasteiger partial charge is 0.418 e. The second kappa shape index (κ2) is 7.90. The fourth-order valence-corrected chi connectivity index (χ4v) is 4.25. The second-order valence-electron chi connectivity index (χ2n) is 8.32. The molecule has 1 fully saturated rings. The van der Waals surface area contributed by atoms with Gasteiger partial charge in [0.05, 0.1) is 17.2 Å². The fourth-order valence-electron chi connectivity index (χ4n) is 4.25. The SMILES string of the molecule is CN(C)c1ccc(NC(=O)[C@H]2CC(=O)N(c3ccc4c(c3)CCC4)C2)c(C(F)(F)F)c1. The monoisotopic (exact) mass is 431 g/mol. The minimum Gasteiger partial charge on any atom is -0.378 e. The van der Waals surface area contributed by atoms with Crippen molar-refractivity contribution in [3.63, 3.8) is 0 Å². The lowest BCUT2D eigenvalue weighted by molar-refractivity contribution is -0.137. The topological polar surface area (TPSA) is 52.7 Å². The first-order valence-electron chi connectivity index (χ1n) is 10.2. The zero-order chi connectivity index (χ0) is 22.3. The highest BCUT2D eigenvalue weighted by molar-refractivity contribution is 6.03. The van der Waals surface area contributed by atoms with Crippen LogP contribution < -0.4 is 15.1 Å². The van der Waals surface area contributed by atoms with Crippen molar-refractivity contribution in [2.45, 2.75) is 31.9 Å². The van der Waals surface area contributed by atoms with Crippen molar-refractivity contribution in [3.8, 4) is 0 Å². The maximum Gasteiger partial charge on any atom is 0.418 e. The van der Waals surface area contributed by atoms with Crippen molar-refractivity contribution >= 4 is 28.9 Å². The number of halogens is 3. The Kier molecular flexibility index (Phi) is 5.41. The van der Waals surface area contributed by atoms with Crippen LogP contribution in [-0.4, -0.2) is 32.5 Å². The van der Waals surface area contributed by atoms with E-state index in [2.05, 4.69) is 5.32 Å². The van der Waals surface area contributed by atoms with Crippen LogP contribution in [0.25, 0.3) is 0 Å².